The fourth-order valence-electron chi connectivity index (χ4n) is 3.88. The maximum atomic E-state index is 13.3. The molecule has 0 aliphatic carbocycles. The Labute approximate surface area is 169 Å². The monoisotopic (exact) mass is 397 g/mol. The molecule has 1 fully saturated rings. The van der Waals surface area contributed by atoms with Crippen molar-refractivity contribution < 1.29 is 9.53 Å². The first-order valence-corrected chi connectivity index (χ1v) is 9.93. The van der Waals surface area contributed by atoms with Crippen molar-refractivity contribution in [2.75, 3.05) is 40.3 Å². The molecule has 0 spiro atoms. The van der Waals surface area contributed by atoms with Crippen LogP contribution < -0.4 is 4.74 Å². The van der Waals surface area contributed by atoms with E-state index in [1.54, 1.807) is 11.6 Å². The lowest BCUT2D eigenvalue weighted by Crippen LogP contribution is -2.35. The minimum atomic E-state index is 0.0107. The normalized spacial score (nSPS) is 15.8. The zero-order valence-electron chi connectivity index (χ0n) is 17.3. The van der Waals surface area contributed by atoms with Crippen LogP contribution in [0.3, 0.4) is 0 Å². The number of hydrogen-bond acceptors (Lipinski definition) is 6. The molecule has 9 nitrogen and oxygen atoms in total. The molecule has 0 unspecified atom stereocenters. The average molecular weight is 397 g/mol. The van der Waals surface area contributed by atoms with Crippen molar-refractivity contribution >= 4 is 11.6 Å². The van der Waals surface area contributed by atoms with Gasteiger partial charge >= 0.3 is 0 Å². The summed E-state index contributed by atoms with van der Waals surface area (Å²) >= 11 is 0. The zero-order chi connectivity index (χ0) is 20.5. The Hall–Kier alpha value is -2.94. The van der Waals surface area contributed by atoms with Gasteiger partial charge in [-0.1, -0.05) is 13.8 Å². The first-order valence-electron chi connectivity index (χ1n) is 9.93. The molecule has 154 valence electrons. The van der Waals surface area contributed by atoms with Gasteiger partial charge in [0.2, 0.25) is 0 Å². The number of pyridine rings is 1. The lowest BCUT2D eigenvalue weighted by Gasteiger charge is -2.21. The Morgan fingerprint density at radius 1 is 1.24 bits per heavy atom. The molecule has 0 atom stereocenters. The number of nitrogens with one attached hydrogen (secondary N) is 1. The summed E-state index contributed by atoms with van der Waals surface area (Å²) in [5, 5.41) is 11.8. The number of carbonyl (C=O) groups is 1. The van der Waals surface area contributed by atoms with E-state index in [-0.39, 0.29) is 11.8 Å². The van der Waals surface area contributed by atoms with E-state index in [1.165, 1.54) is 6.33 Å². The number of H-pyrrole nitrogens is 1. The summed E-state index contributed by atoms with van der Waals surface area (Å²) in [7, 11) is 3.70. The fourth-order valence-corrected chi connectivity index (χ4v) is 3.88. The zero-order valence-corrected chi connectivity index (χ0v) is 17.3. The van der Waals surface area contributed by atoms with Crippen molar-refractivity contribution in [3.05, 3.63) is 29.8 Å². The molecule has 1 aliphatic heterocycles. The second kappa shape index (κ2) is 7.82. The smallest absolute Gasteiger partial charge is 0.272 e. The Balaban J connectivity index is 1.75. The van der Waals surface area contributed by atoms with E-state index in [2.05, 4.69) is 46.1 Å². The highest BCUT2D eigenvalue weighted by Gasteiger charge is 2.27. The fraction of sp³-hybridized carbons (Fsp3) is 0.500. The molecule has 4 rings (SSSR count). The van der Waals surface area contributed by atoms with Gasteiger partial charge in [-0.3, -0.25) is 9.89 Å². The molecule has 29 heavy (non-hydrogen) atoms. The van der Waals surface area contributed by atoms with Gasteiger partial charge in [-0.2, -0.15) is 10.2 Å². The molecular formula is C20H27N7O2. The van der Waals surface area contributed by atoms with Crippen LogP contribution in [0.25, 0.3) is 16.9 Å². The predicted molar refractivity (Wildman–Crippen MR) is 109 cm³/mol. The highest BCUT2D eigenvalue weighted by molar-refractivity contribution is 5.96. The van der Waals surface area contributed by atoms with Gasteiger partial charge < -0.3 is 14.5 Å². The van der Waals surface area contributed by atoms with E-state index < -0.39 is 0 Å². The van der Waals surface area contributed by atoms with Crippen molar-refractivity contribution in [2.45, 2.75) is 26.2 Å². The molecule has 3 aromatic heterocycles. The summed E-state index contributed by atoms with van der Waals surface area (Å²) in [5.41, 5.74) is 3.69. The number of hydrogen-bond donors (Lipinski definition) is 1. The number of rotatable bonds is 4. The van der Waals surface area contributed by atoms with Gasteiger partial charge in [0.05, 0.1) is 12.8 Å². The highest BCUT2D eigenvalue weighted by atomic mass is 16.5. The van der Waals surface area contributed by atoms with E-state index in [4.69, 9.17) is 4.74 Å². The van der Waals surface area contributed by atoms with Crippen molar-refractivity contribution in [1.29, 1.82) is 0 Å². The maximum absolute atomic E-state index is 13.3. The number of ether oxygens (including phenoxy) is 1. The van der Waals surface area contributed by atoms with Gasteiger partial charge in [0.15, 0.2) is 11.4 Å². The molecule has 1 N–H and O–H groups in total. The Morgan fingerprint density at radius 3 is 2.83 bits per heavy atom. The standard InChI is InChI=1S/C20H27N7O2/c1-13(2)16-17(14-10-15(29-4)19-21-12-22-27(19)11-14)23-24-18(16)20(28)26-7-5-6-25(3)8-9-26/h10-13H,5-9H2,1-4H3,(H,23,24). The van der Waals surface area contributed by atoms with Crippen LogP contribution in [0.2, 0.25) is 0 Å². The van der Waals surface area contributed by atoms with Crippen molar-refractivity contribution in [1.82, 2.24) is 34.6 Å². The topological polar surface area (TPSA) is 91.7 Å². The third kappa shape index (κ3) is 3.57. The second-order valence-electron chi connectivity index (χ2n) is 7.79. The Bertz CT molecular complexity index is 1020. The number of aromatic amines is 1. The van der Waals surface area contributed by atoms with Gasteiger partial charge in [-0.25, -0.2) is 9.50 Å². The molecule has 0 saturated carbocycles. The SMILES string of the molecule is COc1cc(-c2n[nH]c(C(=O)N3CCCN(C)CC3)c2C(C)C)cn2ncnc12. The van der Waals surface area contributed by atoms with Crippen LogP contribution in [0, 0.1) is 0 Å². The quantitative estimate of drug-likeness (QED) is 0.724. The third-order valence-electron chi connectivity index (χ3n) is 5.44. The van der Waals surface area contributed by atoms with E-state index in [9.17, 15) is 4.79 Å². The summed E-state index contributed by atoms with van der Waals surface area (Å²) in [5.74, 6) is 0.743. The number of aromatic nitrogens is 5. The van der Waals surface area contributed by atoms with Crippen LogP contribution in [0.4, 0.5) is 0 Å². The molecule has 0 bridgehead atoms. The molecule has 9 heteroatoms. The molecule has 3 aromatic rings. The lowest BCUT2D eigenvalue weighted by molar-refractivity contribution is 0.0755. The second-order valence-corrected chi connectivity index (χ2v) is 7.79. The van der Waals surface area contributed by atoms with Gasteiger partial charge in [-0.05, 0) is 32.0 Å². The van der Waals surface area contributed by atoms with Crippen LogP contribution in [-0.2, 0) is 0 Å². The molecule has 1 aliphatic rings. The van der Waals surface area contributed by atoms with E-state index in [1.807, 2.05) is 17.2 Å². The number of fused-ring (bicyclic) bond motifs is 1. The largest absolute Gasteiger partial charge is 0.493 e. The van der Waals surface area contributed by atoms with E-state index >= 15 is 0 Å². The molecular weight excluding hydrogens is 370 g/mol. The highest BCUT2D eigenvalue weighted by Crippen LogP contribution is 2.33. The lowest BCUT2D eigenvalue weighted by atomic mass is 9.96. The summed E-state index contributed by atoms with van der Waals surface area (Å²) in [6.07, 6.45) is 4.32. The number of carbonyl (C=O) groups excluding carboxylic acids is 1. The van der Waals surface area contributed by atoms with Crippen LogP contribution in [0.1, 0.15) is 42.2 Å². The average Bonchev–Trinajstić information content (AvgIpc) is 3.30. The number of amides is 1. The predicted octanol–water partition coefficient (Wildman–Crippen LogP) is 2.03. The minimum Gasteiger partial charge on any atom is -0.493 e. The van der Waals surface area contributed by atoms with Gasteiger partial charge in [0.25, 0.3) is 5.91 Å². The molecule has 0 radical (unpaired) electrons. The molecule has 1 amide bonds. The summed E-state index contributed by atoms with van der Waals surface area (Å²) in [4.78, 5) is 21.7. The number of likely N-dealkylation sites (N-methyl/N-ethyl adjacent to an activating group) is 1. The molecule has 1 saturated heterocycles. The first-order chi connectivity index (χ1) is 14.0. The minimum absolute atomic E-state index is 0.0107. The maximum Gasteiger partial charge on any atom is 0.272 e. The van der Waals surface area contributed by atoms with Gasteiger partial charge in [0, 0.05) is 37.0 Å². The van der Waals surface area contributed by atoms with Crippen molar-refractivity contribution in [3.63, 3.8) is 0 Å². The van der Waals surface area contributed by atoms with E-state index in [0.29, 0.717) is 17.1 Å². The summed E-state index contributed by atoms with van der Waals surface area (Å²) < 4.78 is 7.15. The number of nitrogens with zero attached hydrogens (tertiary/aromatic N) is 6. The van der Waals surface area contributed by atoms with Gasteiger partial charge in [-0.15, -0.1) is 0 Å². The van der Waals surface area contributed by atoms with Crippen molar-refractivity contribution in [3.8, 4) is 17.0 Å². The molecule has 0 aromatic carbocycles. The van der Waals surface area contributed by atoms with Crippen LogP contribution in [-0.4, -0.2) is 80.8 Å². The Morgan fingerprint density at radius 2 is 2.07 bits per heavy atom. The first kappa shape index (κ1) is 19.4. The Kier molecular flexibility index (Phi) is 5.23. The van der Waals surface area contributed by atoms with Crippen LogP contribution in [0.15, 0.2) is 18.6 Å². The van der Waals surface area contributed by atoms with Crippen molar-refractivity contribution in [2.24, 2.45) is 0 Å². The third-order valence-corrected chi connectivity index (χ3v) is 5.44. The number of methoxy groups -OCH3 is 1. The van der Waals surface area contributed by atoms with Crippen LogP contribution >= 0.6 is 0 Å². The van der Waals surface area contributed by atoms with Gasteiger partial charge in [0.1, 0.15) is 12.0 Å². The summed E-state index contributed by atoms with van der Waals surface area (Å²) in [6.45, 7) is 7.52. The van der Waals surface area contributed by atoms with Crippen LogP contribution in [0.5, 0.6) is 5.75 Å². The van der Waals surface area contributed by atoms with E-state index in [0.717, 1.165) is 49.4 Å². The molecule has 4 heterocycles. The summed E-state index contributed by atoms with van der Waals surface area (Å²) in [6, 6.07) is 1.89.